The van der Waals surface area contributed by atoms with E-state index in [2.05, 4.69) is 9.97 Å². The number of nitrogens with two attached hydrogens (primary N) is 1. The van der Waals surface area contributed by atoms with Crippen LogP contribution in [0.1, 0.15) is 6.23 Å². The molecule has 1 fully saturated rings. The Bertz CT molecular complexity index is 741. The molecule has 2 aromatic heterocycles. The van der Waals surface area contributed by atoms with E-state index in [-0.39, 0.29) is 21.8 Å². The predicted molar refractivity (Wildman–Crippen MR) is 66.7 cm³/mol. The highest BCUT2D eigenvalue weighted by Crippen LogP contribution is 2.30. The van der Waals surface area contributed by atoms with Gasteiger partial charge in [-0.2, -0.15) is 9.55 Å². The minimum Gasteiger partial charge on any atom is -0.710 e. The third-order valence-corrected chi connectivity index (χ3v) is 3.38. The molecule has 0 amide bonds. The van der Waals surface area contributed by atoms with Crippen LogP contribution in [0.5, 0.6) is 0 Å². The fourth-order valence-corrected chi connectivity index (χ4v) is 2.37. The van der Waals surface area contributed by atoms with Crippen molar-refractivity contribution in [3.05, 3.63) is 21.9 Å². The molecule has 0 aliphatic carbocycles. The molecule has 114 valence electrons. The van der Waals surface area contributed by atoms with E-state index in [1.54, 1.807) is 0 Å². The van der Waals surface area contributed by atoms with E-state index in [0.29, 0.717) is 0 Å². The van der Waals surface area contributed by atoms with Gasteiger partial charge >= 0.3 is 5.56 Å². The molecule has 0 spiro atoms. The van der Waals surface area contributed by atoms with Crippen LogP contribution in [0.3, 0.4) is 0 Å². The summed E-state index contributed by atoms with van der Waals surface area (Å²) in [6.45, 7) is -0.512. The fourth-order valence-electron chi connectivity index (χ4n) is 2.37. The second-order valence-corrected chi connectivity index (χ2v) is 4.70. The van der Waals surface area contributed by atoms with Crippen LogP contribution < -0.4 is 16.0 Å². The number of imidazole rings is 1. The number of anilines is 1. The fraction of sp³-hybridized carbons (Fsp3) is 0.500. The number of H-pyrrole nitrogens is 1. The van der Waals surface area contributed by atoms with Gasteiger partial charge in [0.2, 0.25) is 12.2 Å². The largest absolute Gasteiger partial charge is 0.710 e. The van der Waals surface area contributed by atoms with Crippen molar-refractivity contribution in [3.63, 3.8) is 0 Å². The van der Waals surface area contributed by atoms with E-state index in [4.69, 9.17) is 15.6 Å². The molecule has 6 N–H and O–H groups in total. The highest BCUT2D eigenvalue weighted by Gasteiger charge is 2.47. The maximum Gasteiger partial charge on any atom is 0.304 e. The quantitative estimate of drug-likeness (QED) is 0.281. The molecule has 2 aromatic rings. The smallest absolute Gasteiger partial charge is 0.304 e. The Morgan fingerprint density at radius 3 is 2.86 bits per heavy atom. The topological polar surface area (TPSA) is 174 Å². The van der Waals surface area contributed by atoms with E-state index in [1.165, 1.54) is 0 Å². The van der Waals surface area contributed by atoms with Crippen molar-refractivity contribution < 1.29 is 24.8 Å². The molecule has 1 aliphatic heterocycles. The van der Waals surface area contributed by atoms with Crippen molar-refractivity contribution in [1.29, 1.82) is 0 Å². The van der Waals surface area contributed by atoms with Gasteiger partial charge in [0.15, 0.2) is 0 Å². The van der Waals surface area contributed by atoms with Gasteiger partial charge in [0.25, 0.3) is 17.5 Å². The highest BCUT2D eigenvalue weighted by molar-refractivity contribution is 5.67. The molecule has 1 aliphatic rings. The number of fused-ring (bicyclic) bond motifs is 1. The Morgan fingerprint density at radius 1 is 1.52 bits per heavy atom. The van der Waals surface area contributed by atoms with Crippen LogP contribution in [0, 0.1) is 5.21 Å². The van der Waals surface area contributed by atoms with E-state index in [9.17, 15) is 20.2 Å². The second-order valence-electron chi connectivity index (χ2n) is 4.70. The summed E-state index contributed by atoms with van der Waals surface area (Å²) < 4.78 is 6.64. The summed E-state index contributed by atoms with van der Waals surface area (Å²) in [4.78, 5) is 17.7. The molecule has 2 unspecified atom stereocenters. The number of nitrogens with zero attached hydrogens (tertiary/aromatic N) is 3. The second kappa shape index (κ2) is 4.66. The molecule has 0 aromatic carbocycles. The summed E-state index contributed by atoms with van der Waals surface area (Å²) in [6.07, 6.45) is -3.98. The van der Waals surface area contributed by atoms with Crippen LogP contribution in [-0.2, 0) is 4.74 Å². The number of nitrogen functional groups attached to an aromatic ring is 1. The summed E-state index contributed by atoms with van der Waals surface area (Å²) >= 11 is 0. The molecule has 21 heavy (non-hydrogen) atoms. The molecule has 4 atom stereocenters. The van der Waals surface area contributed by atoms with Gasteiger partial charge < -0.3 is 31.0 Å². The predicted octanol–water partition coefficient (Wildman–Crippen LogP) is -3.45. The van der Waals surface area contributed by atoms with Crippen molar-refractivity contribution in [2.75, 3.05) is 12.3 Å². The number of hydrogen-bond donors (Lipinski definition) is 5. The minimum absolute atomic E-state index is 0.0962. The van der Waals surface area contributed by atoms with Gasteiger partial charge in [0.1, 0.15) is 18.3 Å². The summed E-state index contributed by atoms with van der Waals surface area (Å²) in [5.41, 5.74) is 4.30. The average Bonchev–Trinajstić information content (AvgIpc) is 2.89. The molecule has 1 saturated heterocycles. The van der Waals surface area contributed by atoms with Crippen LogP contribution in [-0.4, -0.2) is 54.8 Å². The third kappa shape index (κ3) is 1.94. The van der Waals surface area contributed by atoms with Crippen molar-refractivity contribution in [2.45, 2.75) is 24.5 Å². The van der Waals surface area contributed by atoms with Crippen LogP contribution in [0.4, 0.5) is 5.95 Å². The minimum atomic E-state index is -1.40. The molecule has 0 saturated carbocycles. The molecular weight excluding hydrogens is 286 g/mol. The van der Waals surface area contributed by atoms with E-state index in [0.717, 1.165) is 10.9 Å². The SMILES string of the molecule is Nc1nc2c(c(=O)[nH]1)[n+]([O-])cn2[C@@H]1O[C@H](CO)C(O)C1O. The maximum atomic E-state index is 11.8. The lowest BCUT2D eigenvalue weighted by atomic mass is 10.1. The van der Waals surface area contributed by atoms with E-state index in [1.807, 2.05) is 0 Å². The Balaban J connectivity index is 2.16. The zero-order valence-electron chi connectivity index (χ0n) is 10.6. The van der Waals surface area contributed by atoms with Gasteiger partial charge in [0, 0.05) is 0 Å². The number of aromatic nitrogens is 4. The van der Waals surface area contributed by atoms with Gasteiger partial charge in [-0.3, -0.25) is 9.78 Å². The Morgan fingerprint density at radius 2 is 2.24 bits per heavy atom. The summed E-state index contributed by atoms with van der Waals surface area (Å²) in [7, 11) is 0. The number of ether oxygens (including phenoxy) is 1. The first-order valence-corrected chi connectivity index (χ1v) is 6.06. The van der Waals surface area contributed by atoms with E-state index >= 15 is 0 Å². The maximum absolute atomic E-state index is 11.8. The van der Waals surface area contributed by atoms with Gasteiger partial charge in [-0.25, -0.2) is 4.73 Å². The lowest BCUT2D eigenvalue weighted by Gasteiger charge is -2.11. The number of nitrogens with one attached hydrogen (secondary N) is 1. The van der Waals surface area contributed by atoms with Gasteiger partial charge in [-0.05, 0) is 0 Å². The molecule has 11 heteroatoms. The average molecular weight is 299 g/mol. The first-order valence-electron chi connectivity index (χ1n) is 6.06. The zero-order chi connectivity index (χ0) is 15.3. The number of aliphatic hydroxyl groups excluding tert-OH is 3. The monoisotopic (exact) mass is 299 g/mol. The standard InChI is InChI=1S/C10H13N5O6/c11-10-12-7-4(8(19)13-10)15(20)2-14(7)9-6(18)5(17)3(1-16)21-9/h2-3,5-6,9,16-18H,1H2,(H3,11,12,13,19)/t3-,5?,6?,9-/m1/s1. The lowest BCUT2D eigenvalue weighted by molar-refractivity contribution is -0.579. The Hall–Kier alpha value is -2.21. The molecule has 0 radical (unpaired) electrons. The summed E-state index contributed by atoms with van der Waals surface area (Å²) in [5, 5.41) is 40.5. The Labute approximate surface area is 116 Å². The number of aromatic amines is 1. The van der Waals surface area contributed by atoms with Crippen LogP contribution in [0.25, 0.3) is 11.2 Å². The zero-order valence-corrected chi connectivity index (χ0v) is 10.6. The molecule has 3 rings (SSSR count). The normalized spacial score (nSPS) is 29.3. The number of rotatable bonds is 2. The molecule has 11 nitrogen and oxygen atoms in total. The highest BCUT2D eigenvalue weighted by atomic mass is 16.6. The van der Waals surface area contributed by atoms with Crippen molar-refractivity contribution in [1.82, 2.24) is 14.5 Å². The van der Waals surface area contributed by atoms with Gasteiger partial charge in [-0.15, -0.1) is 0 Å². The van der Waals surface area contributed by atoms with Crippen LogP contribution in [0.15, 0.2) is 11.1 Å². The van der Waals surface area contributed by atoms with Gasteiger partial charge in [0.05, 0.1) is 6.61 Å². The Kier molecular flexibility index (Phi) is 3.06. The lowest BCUT2D eigenvalue weighted by Crippen LogP contribution is -2.33. The number of aliphatic hydroxyl groups is 3. The van der Waals surface area contributed by atoms with Crippen LogP contribution in [0.2, 0.25) is 0 Å². The van der Waals surface area contributed by atoms with Gasteiger partial charge in [-0.1, -0.05) is 0 Å². The van der Waals surface area contributed by atoms with Crippen molar-refractivity contribution in [3.8, 4) is 0 Å². The third-order valence-electron chi connectivity index (χ3n) is 3.38. The molecule has 3 heterocycles. The first-order chi connectivity index (χ1) is 9.93. The summed E-state index contributed by atoms with van der Waals surface area (Å²) in [5.74, 6) is -0.209. The van der Waals surface area contributed by atoms with Crippen molar-refractivity contribution in [2.24, 2.45) is 0 Å². The molecule has 0 bridgehead atoms. The van der Waals surface area contributed by atoms with Crippen molar-refractivity contribution >= 4 is 17.1 Å². The molecular formula is C10H13N5O6. The number of hydrogen-bond acceptors (Lipinski definition) is 8. The van der Waals surface area contributed by atoms with E-state index < -0.39 is 36.7 Å². The van der Waals surface area contributed by atoms with Crippen LogP contribution >= 0.6 is 0 Å². The first kappa shape index (κ1) is 13.8. The summed E-state index contributed by atoms with van der Waals surface area (Å²) in [6, 6.07) is 0.